The zero-order valence-electron chi connectivity index (χ0n) is 14.5. The van der Waals surface area contributed by atoms with E-state index in [0.717, 1.165) is 17.7 Å². The number of ether oxygens (including phenoxy) is 1. The number of halogens is 2. The highest BCUT2D eigenvalue weighted by atomic mass is 19.2. The minimum atomic E-state index is -0.952. The third-order valence-electron chi connectivity index (χ3n) is 3.85. The topological polar surface area (TPSA) is 63.2 Å². The molecule has 0 fully saturated rings. The van der Waals surface area contributed by atoms with Crippen LogP contribution in [-0.2, 0) is 6.54 Å². The average Bonchev–Trinajstić information content (AvgIpc) is 2.69. The molecule has 0 aliphatic carbocycles. The van der Waals surface area contributed by atoms with Crippen molar-refractivity contribution in [3.63, 3.8) is 0 Å². The number of rotatable bonds is 6. The van der Waals surface area contributed by atoms with E-state index in [1.807, 2.05) is 24.3 Å². The van der Waals surface area contributed by atoms with Gasteiger partial charge in [0, 0.05) is 30.1 Å². The predicted molar refractivity (Wildman–Crippen MR) is 98.0 cm³/mol. The normalized spacial score (nSPS) is 10.3. The van der Waals surface area contributed by atoms with Gasteiger partial charge in [0.05, 0.1) is 12.7 Å². The molecule has 138 valence electrons. The van der Waals surface area contributed by atoms with E-state index in [-0.39, 0.29) is 5.91 Å². The maximum absolute atomic E-state index is 13.2. The first-order chi connectivity index (χ1) is 13.1. The summed E-state index contributed by atoms with van der Waals surface area (Å²) in [7, 11) is 1.57. The second kappa shape index (κ2) is 8.27. The number of carbonyl (C=O) groups excluding carboxylic acids is 1. The molecule has 1 amide bonds. The minimum Gasteiger partial charge on any atom is -0.496 e. The van der Waals surface area contributed by atoms with Crippen LogP contribution in [-0.4, -0.2) is 18.0 Å². The van der Waals surface area contributed by atoms with Crippen LogP contribution in [0.4, 0.5) is 20.3 Å². The molecular formula is C20H17F2N3O2. The highest BCUT2D eigenvalue weighted by Gasteiger charge is 2.09. The predicted octanol–water partition coefficient (Wildman–Crippen LogP) is 4.04. The fraction of sp³-hybridized carbons (Fsp3) is 0.100. The maximum atomic E-state index is 13.2. The molecule has 2 aromatic carbocycles. The highest BCUT2D eigenvalue weighted by Crippen LogP contribution is 2.19. The van der Waals surface area contributed by atoms with E-state index in [9.17, 15) is 13.6 Å². The van der Waals surface area contributed by atoms with Gasteiger partial charge in [-0.15, -0.1) is 0 Å². The lowest BCUT2D eigenvalue weighted by molar-refractivity contribution is 0.0950. The van der Waals surface area contributed by atoms with Crippen LogP contribution in [0.15, 0.2) is 60.8 Å². The van der Waals surface area contributed by atoms with Gasteiger partial charge in [-0.05, 0) is 30.3 Å². The number of nitrogens with zero attached hydrogens (tertiary/aromatic N) is 1. The van der Waals surface area contributed by atoms with Crippen LogP contribution in [0.3, 0.4) is 0 Å². The number of methoxy groups -OCH3 is 1. The van der Waals surface area contributed by atoms with E-state index in [0.29, 0.717) is 29.4 Å². The zero-order chi connectivity index (χ0) is 19.2. The molecule has 5 nitrogen and oxygen atoms in total. The molecule has 3 rings (SSSR count). The summed E-state index contributed by atoms with van der Waals surface area (Å²) in [5, 5.41) is 5.65. The summed E-state index contributed by atoms with van der Waals surface area (Å²) < 4.78 is 31.4. The summed E-state index contributed by atoms with van der Waals surface area (Å²) in [6.45, 7) is 0.317. The average molecular weight is 369 g/mol. The Morgan fingerprint density at radius 3 is 2.59 bits per heavy atom. The van der Waals surface area contributed by atoms with Gasteiger partial charge in [0.1, 0.15) is 11.6 Å². The Morgan fingerprint density at radius 2 is 1.89 bits per heavy atom. The van der Waals surface area contributed by atoms with Crippen LogP contribution in [0.25, 0.3) is 0 Å². The Hall–Kier alpha value is -3.48. The molecule has 0 atom stereocenters. The highest BCUT2D eigenvalue weighted by molar-refractivity contribution is 5.94. The quantitative estimate of drug-likeness (QED) is 0.688. The number of amides is 1. The van der Waals surface area contributed by atoms with Crippen molar-refractivity contribution in [1.29, 1.82) is 0 Å². The monoisotopic (exact) mass is 369 g/mol. The molecule has 7 heteroatoms. The van der Waals surface area contributed by atoms with Crippen molar-refractivity contribution in [3.05, 3.63) is 83.6 Å². The van der Waals surface area contributed by atoms with E-state index in [4.69, 9.17) is 4.74 Å². The van der Waals surface area contributed by atoms with Gasteiger partial charge >= 0.3 is 0 Å². The van der Waals surface area contributed by atoms with Crippen molar-refractivity contribution in [2.24, 2.45) is 0 Å². The molecule has 0 aliphatic heterocycles. The molecule has 3 aromatic rings. The van der Waals surface area contributed by atoms with Crippen LogP contribution in [0, 0.1) is 11.6 Å². The van der Waals surface area contributed by atoms with Gasteiger partial charge in [-0.3, -0.25) is 4.79 Å². The smallest absolute Gasteiger partial charge is 0.253 e. The Bertz CT molecular complexity index is 946. The number of aromatic nitrogens is 1. The summed E-state index contributed by atoms with van der Waals surface area (Å²) in [4.78, 5) is 16.4. The van der Waals surface area contributed by atoms with Crippen molar-refractivity contribution in [3.8, 4) is 5.75 Å². The van der Waals surface area contributed by atoms with E-state index in [1.165, 1.54) is 12.3 Å². The van der Waals surface area contributed by atoms with Gasteiger partial charge < -0.3 is 15.4 Å². The van der Waals surface area contributed by atoms with Crippen LogP contribution in [0.1, 0.15) is 15.9 Å². The number of hydrogen-bond acceptors (Lipinski definition) is 4. The van der Waals surface area contributed by atoms with Crippen LogP contribution in [0.2, 0.25) is 0 Å². The molecule has 0 saturated carbocycles. The second-order valence-electron chi connectivity index (χ2n) is 5.68. The summed E-state index contributed by atoms with van der Waals surface area (Å²) >= 11 is 0. The summed E-state index contributed by atoms with van der Waals surface area (Å²) in [6, 6.07) is 14.0. The molecule has 2 N–H and O–H groups in total. The maximum Gasteiger partial charge on any atom is 0.253 e. The number of pyridine rings is 1. The Morgan fingerprint density at radius 1 is 1.07 bits per heavy atom. The lowest BCUT2D eigenvalue weighted by Gasteiger charge is -2.10. The first-order valence-electron chi connectivity index (χ1n) is 8.15. The Kier molecular flexibility index (Phi) is 5.61. The molecule has 1 heterocycles. The van der Waals surface area contributed by atoms with E-state index >= 15 is 0 Å². The van der Waals surface area contributed by atoms with Gasteiger partial charge in [0.25, 0.3) is 5.91 Å². The third-order valence-corrected chi connectivity index (χ3v) is 3.85. The van der Waals surface area contributed by atoms with Gasteiger partial charge in [-0.25, -0.2) is 13.8 Å². The molecule has 0 aliphatic rings. The molecule has 0 bridgehead atoms. The first kappa shape index (κ1) is 18.3. The Balaban J connectivity index is 1.62. The number of hydrogen-bond donors (Lipinski definition) is 2. The van der Waals surface area contributed by atoms with Gasteiger partial charge in [0.15, 0.2) is 11.6 Å². The summed E-state index contributed by atoms with van der Waals surface area (Å²) in [6.07, 6.45) is 1.40. The molecule has 0 spiro atoms. The van der Waals surface area contributed by atoms with Gasteiger partial charge in [-0.2, -0.15) is 0 Å². The fourth-order valence-electron chi connectivity index (χ4n) is 2.45. The zero-order valence-corrected chi connectivity index (χ0v) is 14.5. The summed E-state index contributed by atoms with van der Waals surface area (Å²) in [5.41, 5.74) is 1.59. The van der Waals surface area contributed by atoms with Crippen molar-refractivity contribution in [2.75, 3.05) is 12.4 Å². The van der Waals surface area contributed by atoms with E-state index in [1.54, 1.807) is 19.2 Å². The Labute approximate surface area is 155 Å². The van der Waals surface area contributed by atoms with Crippen LogP contribution < -0.4 is 15.4 Å². The molecule has 1 aromatic heterocycles. The third kappa shape index (κ3) is 4.58. The standard InChI is InChI=1S/C20H17F2N3O2/c1-27-18-5-3-2-4-13(18)11-24-20(26)14-6-9-19(23-12-14)25-15-7-8-16(21)17(22)10-15/h2-10,12H,11H2,1H3,(H,23,25)(H,24,26). The number of benzene rings is 2. The van der Waals surface area contributed by atoms with E-state index in [2.05, 4.69) is 15.6 Å². The lowest BCUT2D eigenvalue weighted by atomic mass is 10.2. The van der Waals surface area contributed by atoms with Crippen molar-refractivity contribution in [1.82, 2.24) is 10.3 Å². The second-order valence-corrected chi connectivity index (χ2v) is 5.68. The number of anilines is 2. The fourth-order valence-corrected chi connectivity index (χ4v) is 2.45. The number of carbonyl (C=O) groups is 1. The number of nitrogens with one attached hydrogen (secondary N) is 2. The molecule has 0 unspecified atom stereocenters. The first-order valence-corrected chi connectivity index (χ1v) is 8.15. The minimum absolute atomic E-state index is 0.284. The van der Waals surface area contributed by atoms with E-state index < -0.39 is 11.6 Å². The molecule has 27 heavy (non-hydrogen) atoms. The van der Waals surface area contributed by atoms with Crippen LogP contribution >= 0.6 is 0 Å². The lowest BCUT2D eigenvalue weighted by Crippen LogP contribution is -2.23. The van der Waals surface area contributed by atoms with Gasteiger partial charge in [-0.1, -0.05) is 18.2 Å². The summed E-state index contributed by atoms with van der Waals surface area (Å²) in [5.74, 6) is -1.06. The van der Waals surface area contributed by atoms with Crippen LogP contribution in [0.5, 0.6) is 5.75 Å². The van der Waals surface area contributed by atoms with Crippen molar-refractivity contribution in [2.45, 2.75) is 6.54 Å². The van der Waals surface area contributed by atoms with Crippen molar-refractivity contribution < 1.29 is 18.3 Å². The molecule has 0 saturated heterocycles. The molecule has 0 radical (unpaired) electrons. The SMILES string of the molecule is COc1ccccc1CNC(=O)c1ccc(Nc2ccc(F)c(F)c2)nc1. The largest absolute Gasteiger partial charge is 0.496 e. The number of para-hydroxylation sites is 1. The van der Waals surface area contributed by atoms with Gasteiger partial charge in [0.2, 0.25) is 0 Å². The molecular weight excluding hydrogens is 352 g/mol. The van der Waals surface area contributed by atoms with Crippen molar-refractivity contribution >= 4 is 17.4 Å².